The topological polar surface area (TPSA) is 56.2 Å². The number of aromatic carboxylic acids is 1. The number of rotatable bonds is 6. The van der Waals surface area contributed by atoms with Gasteiger partial charge in [-0.15, -0.1) is 0 Å². The van der Waals surface area contributed by atoms with E-state index in [0.717, 1.165) is 44.1 Å². The number of likely N-dealkylation sites (N-methyl/N-ethyl adjacent to an activating group) is 2. The summed E-state index contributed by atoms with van der Waals surface area (Å²) in [5.74, 6) is -0.897. The molecule has 0 spiro atoms. The quantitative estimate of drug-likeness (QED) is 0.853. The fourth-order valence-electron chi connectivity index (χ4n) is 2.63. The van der Waals surface area contributed by atoms with Crippen LogP contribution in [0, 0.1) is 0 Å². The van der Waals surface area contributed by atoms with E-state index in [0.29, 0.717) is 12.2 Å². The van der Waals surface area contributed by atoms with Crippen LogP contribution < -0.4 is 9.80 Å². The summed E-state index contributed by atoms with van der Waals surface area (Å²) < 4.78 is 5.13. The summed E-state index contributed by atoms with van der Waals surface area (Å²) in [6.45, 7) is 5.27. The van der Waals surface area contributed by atoms with Crippen LogP contribution in [-0.4, -0.2) is 76.5 Å². The zero-order valence-corrected chi connectivity index (χ0v) is 13.6. The lowest BCUT2D eigenvalue weighted by Crippen LogP contribution is -2.45. The zero-order chi connectivity index (χ0) is 16.1. The molecule has 0 radical (unpaired) electrons. The van der Waals surface area contributed by atoms with Gasteiger partial charge >= 0.3 is 5.97 Å². The Bertz CT molecular complexity index is 513. The number of hydrogen-bond donors (Lipinski definition) is 1. The van der Waals surface area contributed by atoms with Gasteiger partial charge in [-0.3, -0.25) is 0 Å². The molecule has 1 saturated heterocycles. The number of piperazine rings is 1. The van der Waals surface area contributed by atoms with Gasteiger partial charge in [-0.2, -0.15) is 0 Å². The third-order valence-electron chi connectivity index (χ3n) is 4.11. The van der Waals surface area contributed by atoms with Gasteiger partial charge in [-0.25, -0.2) is 4.79 Å². The maximum atomic E-state index is 11.3. The molecular formula is C16H25N3O3. The molecule has 1 aliphatic heterocycles. The van der Waals surface area contributed by atoms with Crippen molar-refractivity contribution in [2.45, 2.75) is 0 Å². The highest BCUT2D eigenvalue weighted by Gasteiger charge is 2.20. The Hall–Kier alpha value is -1.79. The predicted octanol–water partition coefficient (Wildman–Crippen LogP) is 1.22. The second kappa shape index (κ2) is 7.47. The minimum Gasteiger partial charge on any atom is -0.478 e. The summed E-state index contributed by atoms with van der Waals surface area (Å²) in [5.41, 5.74) is 2.36. The van der Waals surface area contributed by atoms with E-state index in [2.05, 4.69) is 21.7 Å². The fourth-order valence-corrected chi connectivity index (χ4v) is 2.63. The Morgan fingerprint density at radius 1 is 1.32 bits per heavy atom. The van der Waals surface area contributed by atoms with Crippen LogP contribution in [0.1, 0.15) is 10.4 Å². The number of carbonyl (C=O) groups is 1. The summed E-state index contributed by atoms with van der Waals surface area (Å²) in [6, 6.07) is 5.36. The lowest BCUT2D eigenvalue weighted by Gasteiger charge is -2.36. The minimum absolute atomic E-state index is 0.317. The third kappa shape index (κ3) is 3.90. The van der Waals surface area contributed by atoms with E-state index in [4.69, 9.17) is 4.74 Å². The highest BCUT2D eigenvalue weighted by molar-refractivity contribution is 5.91. The van der Waals surface area contributed by atoms with E-state index in [1.54, 1.807) is 19.2 Å². The smallest absolute Gasteiger partial charge is 0.335 e. The van der Waals surface area contributed by atoms with Crippen LogP contribution in [0.15, 0.2) is 18.2 Å². The Kier molecular flexibility index (Phi) is 5.63. The van der Waals surface area contributed by atoms with Crippen LogP contribution in [0.25, 0.3) is 0 Å². The number of carboxylic acids is 1. The molecule has 6 heteroatoms. The second-order valence-electron chi connectivity index (χ2n) is 5.71. The van der Waals surface area contributed by atoms with Crippen LogP contribution in [-0.2, 0) is 4.74 Å². The van der Waals surface area contributed by atoms with E-state index in [1.807, 2.05) is 13.1 Å². The van der Waals surface area contributed by atoms with Crippen molar-refractivity contribution in [1.29, 1.82) is 0 Å². The fraction of sp³-hybridized carbons (Fsp3) is 0.562. The van der Waals surface area contributed by atoms with Gasteiger partial charge in [0, 0.05) is 46.9 Å². The Labute approximate surface area is 131 Å². The third-order valence-corrected chi connectivity index (χ3v) is 4.11. The molecule has 6 nitrogen and oxygen atoms in total. The summed E-state index contributed by atoms with van der Waals surface area (Å²) in [5, 5.41) is 9.24. The molecule has 1 N–H and O–H groups in total. The van der Waals surface area contributed by atoms with E-state index in [9.17, 15) is 9.90 Å². The second-order valence-corrected chi connectivity index (χ2v) is 5.71. The van der Waals surface area contributed by atoms with Gasteiger partial charge in [0.1, 0.15) is 0 Å². The van der Waals surface area contributed by atoms with Gasteiger partial charge in [-0.05, 0) is 25.2 Å². The molecule has 1 aliphatic rings. The first-order chi connectivity index (χ1) is 10.5. The van der Waals surface area contributed by atoms with Crippen molar-refractivity contribution in [3.63, 3.8) is 0 Å². The Morgan fingerprint density at radius 3 is 2.59 bits per heavy atom. The number of benzene rings is 1. The minimum atomic E-state index is -0.897. The average molecular weight is 307 g/mol. The Morgan fingerprint density at radius 2 is 2.00 bits per heavy atom. The van der Waals surface area contributed by atoms with Gasteiger partial charge < -0.3 is 24.5 Å². The van der Waals surface area contributed by atoms with Crippen molar-refractivity contribution >= 4 is 17.3 Å². The first-order valence-corrected chi connectivity index (χ1v) is 7.54. The predicted molar refractivity (Wildman–Crippen MR) is 88.3 cm³/mol. The standard InChI is InChI=1S/C16H25N3O3/c1-17-6-8-19(9-7-17)14-5-4-13(16(20)21)12-15(14)18(2)10-11-22-3/h4-5,12H,6-11H2,1-3H3,(H,20,21). The molecule has 1 heterocycles. The van der Waals surface area contributed by atoms with E-state index < -0.39 is 5.97 Å². The van der Waals surface area contributed by atoms with Crippen molar-refractivity contribution in [3.8, 4) is 0 Å². The molecule has 1 aromatic rings. The molecule has 1 aromatic carbocycles. The largest absolute Gasteiger partial charge is 0.478 e. The molecule has 22 heavy (non-hydrogen) atoms. The first kappa shape index (κ1) is 16.6. The summed E-state index contributed by atoms with van der Waals surface area (Å²) >= 11 is 0. The molecule has 1 fully saturated rings. The molecular weight excluding hydrogens is 282 g/mol. The van der Waals surface area contributed by atoms with Gasteiger partial charge in [0.25, 0.3) is 0 Å². The summed E-state index contributed by atoms with van der Waals surface area (Å²) in [4.78, 5) is 17.9. The molecule has 0 atom stereocenters. The monoisotopic (exact) mass is 307 g/mol. The van der Waals surface area contributed by atoms with Crippen LogP contribution in [0.3, 0.4) is 0 Å². The van der Waals surface area contributed by atoms with Gasteiger partial charge in [0.2, 0.25) is 0 Å². The van der Waals surface area contributed by atoms with Crippen molar-refractivity contribution < 1.29 is 14.6 Å². The Balaban J connectivity index is 2.28. The number of carboxylic acid groups (broad SMARTS) is 1. The van der Waals surface area contributed by atoms with E-state index in [-0.39, 0.29) is 0 Å². The van der Waals surface area contributed by atoms with E-state index >= 15 is 0 Å². The molecule has 0 aliphatic carbocycles. The van der Waals surface area contributed by atoms with Crippen molar-refractivity contribution in [1.82, 2.24) is 4.90 Å². The van der Waals surface area contributed by atoms with Crippen molar-refractivity contribution in [2.24, 2.45) is 0 Å². The first-order valence-electron chi connectivity index (χ1n) is 7.54. The van der Waals surface area contributed by atoms with Crippen molar-refractivity contribution in [3.05, 3.63) is 23.8 Å². The molecule has 0 aromatic heterocycles. The van der Waals surface area contributed by atoms with Gasteiger partial charge in [-0.1, -0.05) is 0 Å². The van der Waals surface area contributed by atoms with Crippen molar-refractivity contribution in [2.75, 3.05) is 70.3 Å². The highest BCUT2D eigenvalue weighted by atomic mass is 16.5. The van der Waals surface area contributed by atoms with Crippen LogP contribution >= 0.6 is 0 Å². The number of nitrogens with zero attached hydrogens (tertiary/aromatic N) is 3. The molecule has 0 amide bonds. The van der Waals surface area contributed by atoms with Crippen LogP contribution in [0.2, 0.25) is 0 Å². The highest BCUT2D eigenvalue weighted by Crippen LogP contribution is 2.30. The van der Waals surface area contributed by atoms with Crippen LogP contribution in [0.4, 0.5) is 11.4 Å². The molecule has 0 unspecified atom stereocenters. The zero-order valence-electron chi connectivity index (χ0n) is 13.6. The van der Waals surface area contributed by atoms with E-state index in [1.165, 1.54) is 0 Å². The maximum absolute atomic E-state index is 11.3. The van der Waals surface area contributed by atoms with Gasteiger partial charge in [0.15, 0.2) is 0 Å². The molecule has 122 valence electrons. The summed E-state index contributed by atoms with van der Waals surface area (Å²) in [7, 11) is 5.76. The lowest BCUT2D eigenvalue weighted by atomic mass is 10.1. The number of methoxy groups -OCH3 is 1. The molecule has 0 bridgehead atoms. The molecule has 2 rings (SSSR count). The lowest BCUT2D eigenvalue weighted by molar-refractivity contribution is 0.0697. The number of anilines is 2. The SMILES string of the molecule is COCCN(C)c1cc(C(=O)O)ccc1N1CCN(C)CC1. The summed E-state index contributed by atoms with van der Waals surface area (Å²) in [6.07, 6.45) is 0. The number of ether oxygens (including phenoxy) is 1. The van der Waals surface area contributed by atoms with Crippen LogP contribution in [0.5, 0.6) is 0 Å². The normalized spacial score (nSPS) is 15.9. The molecule has 0 saturated carbocycles. The average Bonchev–Trinajstić information content (AvgIpc) is 2.52. The van der Waals surface area contributed by atoms with Gasteiger partial charge in [0.05, 0.1) is 23.5 Å². The maximum Gasteiger partial charge on any atom is 0.335 e. The number of hydrogen-bond acceptors (Lipinski definition) is 5.